The van der Waals surface area contributed by atoms with Crippen LogP contribution in [0.1, 0.15) is 6.42 Å². The van der Waals surface area contributed by atoms with Gasteiger partial charge in [-0.2, -0.15) is 8.42 Å². The molecular formula is C11H13NO5S2. The van der Waals surface area contributed by atoms with Crippen LogP contribution in [-0.2, 0) is 14.8 Å². The summed E-state index contributed by atoms with van der Waals surface area (Å²) in [5.74, 6) is 1.07. The summed E-state index contributed by atoms with van der Waals surface area (Å²) in [4.78, 5) is 10.7. The van der Waals surface area contributed by atoms with Crippen LogP contribution in [0.25, 0.3) is 0 Å². The third kappa shape index (κ3) is 4.36. The molecule has 0 saturated carbocycles. The summed E-state index contributed by atoms with van der Waals surface area (Å²) in [6, 6.07) is 4.23. The van der Waals surface area contributed by atoms with Crippen LogP contribution in [-0.4, -0.2) is 39.1 Å². The van der Waals surface area contributed by atoms with Crippen molar-refractivity contribution < 1.29 is 23.1 Å². The molecule has 0 aliphatic heterocycles. The highest BCUT2D eigenvalue weighted by Crippen LogP contribution is 2.32. The molecule has 6 nitrogen and oxygen atoms in total. The zero-order chi connectivity index (χ0) is 14.3. The van der Waals surface area contributed by atoms with Crippen LogP contribution in [0.5, 0.6) is 5.75 Å². The number of thioether (sulfide) groups is 1. The van der Waals surface area contributed by atoms with Gasteiger partial charge in [0, 0.05) is 23.3 Å². The van der Waals surface area contributed by atoms with Crippen LogP contribution < -0.4 is 4.74 Å². The molecule has 104 valence electrons. The summed E-state index contributed by atoms with van der Waals surface area (Å²) in [6.45, 7) is 0.0931. The van der Waals surface area contributed by atoms with Gasteiger partial charge in [0.15, 0.2) is 0 Å². The molecule has 0 spiro atoms. The maximum absolute atomic E-state index is 11.5. The molecule has 1 rings (SSSR count). The number of nitrogens with zero attached hydrogens (tertiary/aromatic N) is 1. The van der Waals surface area contributed by atoms with Gasteiger partial charge in [0.1, 0.15) is 5.75 Å². The Morgan fingerprint density at radius 3 is 2.79 bits per heavy atom. The van der Waals surface area contributed by atoms with Crippen LogP contribution in [0.4, 0.5) is 0 Å². The van der Waals surface area contributed by atoms with Crippen molar-refractivity contribution in [2.24, 2.45) is 4.40 Å². The molecule has 0 bridgehead atoms. The maximum atomic E-state index is 11.5. The number of aliphatic hydroxyl groups excluding tert-OH is 1. The van der Waals surface area contributed by atoms with Crippen molar-refractivity contribution in [2.45, 2.75) is 16.2 Å². The van der Waals surface area contributed by atoms with Gasteiger partial charge in [-0.1, -0.05) is 4.40 Å². The van der Waals surface area contributed by atoms with E-state index in [-0.39, 0.29) is 11.5 Å². The monoisotopic (exact) mass is 303 g/mol. The minimum Gasteiger partial charge on any atom is -0.496 e. The van der Waals surface area contributed by atoms with Gasteiger partial charge >= 0.3 is 0 Å². The van der Waals surface area contributed by atoms with Crippen LogP contribution in [0, 0.1) is 0 Å². The van der Waals surface area contributed by atoms with E-state index in [4.69, 9.17) is 9.84 Å². The Balaban J connectivity index is 3.05. The molecule has 0 heterocycles. The van der Waals surface area contributed by atoms with Gasteiger partial charge < -0.3 is 9.84 Å². The van der Waals surface area contributed by atoms with E-state index in [2.05, 4.69) is 4.40 Å². The summed E-state index contributed by atoms with van der Waals surface area (Å²) in [5, 5.41) is 8.71. The van der Waals surface area contributed by atoms with E-state index in [1.165, 1.54) is 31.0 Å². The highest BCUT2D eigenvalue weighted by atomic mass is 32.2. The average molecular weight is 303 g/mol. The fraction of sp³-hybridized carbons (Fsp3) is 0.364. The Hall–Kier alpha value is -1.34. The molecule has 1 aromatic carbocycles. The van der Waals surface area contributed by atoms with Gasteiger partial charge in [0.2, 0.25) is 0 Å². The minimum absolute atomic E-state index is 0.0931. The van der Waals surface area contributed by atoms with Crippen LogP contribution in [0.15, 0.2) is 32.4 Å². The molecule has 0 aliphatic rings. The number of methoxy groups -OCH3 is 1. The largest absolute Gasteiger partial charge is 0.496 e. The topological polar surface area (TPSA) is 93.0 Å². The average Bonchev–Trinajstić information content (AvgIpc) is 2.39. The lowest BCUT2D eigenvalue weighted by molar-refractivity contribution is 0.296. The molecule has 0 saturated heterocycles. The highest BCUT2D eigenvalue weighted by molar-refractivity contribution is 7.99. The molecule has 1 N–H and O–H groups in total. The molecule has 0 aromatic heterocycles. The zero-order valence-electron chi connectivity index (χ0n) is 10.2. The second kappa shape index (κ2) is 7.30. The number of rotatable bonds is 7. The number of hydrogen-bond donors (Lipinski definition) is 1. The summed E-state index contributed by atoms with van der Waals surface area (Å²) in [7, 11) is -2.59. The van der Waals surface area contributed by atoms with Gasteiger partial charge in [-0.3, -0.25) is 0 Å². The second-order valence-electron chi connectivity index (χ2n) is 3.40. The predicted molar refractivity (Wildman–Crippen MR) is 70.7 cm³/mol. The Morgan fingerprint density at radius 1 is 1.47 bits per heavy atom. The first-order valence-corrected chi connectivity index (χ1v) is 7.73. The maximum Gasteiger partial charge on any atom is 0.292 e. The summed E-state index contributed by atoms with van der Waals surface area (Å²) >= 11 is 1.44. The first-order valence-electron chi connectivity index (χ1n) is 5.31. The number of sulfonamides is 1. The Labute approximate surface area is 115 Å². The third-order valence-corrected chi connectivity index (χ3v) is 4.46. The molecule has 8 heteroatoms. The van der Waals surface area contributed by atoms with Crippen LogP contribution in [0.2, 0.25) is 0 Å². The molecule has 19 heavy (non-hydrogen) atoms. The number of benzene rings is 1. The fourth-order valence-corrected chi connectivity index (χ4v) is 2.92. The lowest BCUT2D eigenvalue weighted by Gasteiger charge is -2.09. The van der Waals surface area contributed by atoms with Crippen molar-refractivity contribution in [1.82, 2.24) is 0 Å². The first kappa shape index (κ1) is 15.7. The first-order chi connectivity index (χ1) is 9.05. The van der Waals surface area contributed by atoms with E-state index in [0.29, 0.717) is 17.9 Å². The van der Waals surface area contributed by atoms with Gasteiger partial charge in [0.25, 0.3) is 16.1 Å². The standard InChI is InChI=1S/C11H13NO5S2/c1-17-10-7-9(19(15,16)12-8-14)3-4-11(10)18-6-2-5-13/h3-4,7,13H,2,5-6H2,1H3. The summed E-state index contributed by atoms with van der Waals surface area (Å²) in [5.41, 5.74) is 0. The quantitative estimate of drug-likeness (QED) is 0.352. The molecule has 0 radical (unpaired) electrons. The van der Waals surface area contributed by atoms with E-state index in [1.807, 2.05) is 0 Å². The minimum atomic E-state index is -4.01. The van der Waals surface area contributed by atoms with E-state index in [1.54, 1.807) is 6.07 Å². The Morgan fingerprint density at radius 2 is 2.21 bits per heavy atom. The molecular weight excluding hydrogens is 290 g/mol. The van der Waals surface area contributed by atoms with Crippen molar-refractivity contribution in [3.05, 3.63) is 18.2 Å². The Kier molecular flexibility index (Phi) is 6.04. The number of hydrogen-bond acceptors (Lipinski definition) is 6. The second-order valence-corrected chi connectivity index (χ2v) is 6.14. The smallest absolute Gasteiger partial charge is 0.292 e. The van der Waals surface area contributed by atoms with Crippen molar-refractivity contribution in [3.8, 4) is 5.75 Å². The number of isocyanates is 1. The predicted octanol–water partition coefficient (Wildman–Crippen LogP) is 1.19. The van der Waals surface area contributed by atoms with Crippen molar-refractivity contribution >= 4 is 27.9 Å². The highest BCUT2D eigenvalue weighted by Gasteiger charge is 2.15. The zero-order valence-corrected chi connectivity index (χ0v) is 11.8. The van der Waals surface area contributed by atoms with Crippen molar-refractivity contribution in [2.75, 3.05) is 19.5 Å². The number of aliphatic hydroxyl groups is 1. The number of ether oxygens (including phenoxy) is 1. The molecule has 1 aromatic rings. The van der Waals surface area contributed by atoms with Gasteiger partial charge in [-0.25, -0.2) is 4.79 Å². The molecule has 0 aliphatic carbocycles. The third-order valence-electron chi connectivity index (χ3n) is 2.15. The van der Waals surface area contributed by atoms with E-state index in [9.17, 15) is 13.2 Å². The number of carbonyl (C=O) groups excluding carboxylic acids is 1. The van der Waals surface area contributed by atoms with Gasteiger partial charge in [-0.05, 0) is 18.6 Å². The Bertz CT molecular complexity index is 579. The van der Waals surface area contributed by atoms with E-state index in [0.717, 1.165) is 11.0 Å². The molecule has 0 unspecified atom stereocenters. The van der Waals surface area contributed by atoms with E-state index >= 15 is 0 Å². The molecule has 0 atom stereocenters. The fourth-order valence-electron chi connectivity index (χ4n) is 1.28. The van der Waals surface area contributed by atoms with Crippen molar-refractivity contribution in [1.29, 1.82) is 0 Å². The summed E-state index contributed by atoms with van der Waals surface area (Å²) < 4.78 is 31.0. The lowest BCUT2D eigenvalue weighted by Crippen LogP contribution is -1.98. The van der Waals surface area contributed by atoms with Gasteiger partial charge in [0.05, 0.1) is 12.0 Å². The summed E-state index contributed by atoms with van der Waals surface area (Å²) in [6.07, 6.45) is 1.64. The normalized spacial score (nSPS) is 10.8. The molecule has 0 fully saturated rings. The lowest BCUT2D eigenvalue weighted by atomic mass is 10.3. The van der Waals surface area contributed by atoms with E-state index < -0.39 is 10.0 Å². The van der Waals surface area contributed by atoms with Gasteiger partial charge in [-0.15, -0.1) is 11.8 Å². The van der Waals surface area contributed by atoms with Crippen LogP contribution in [0.3, 0.4) is 0 Å². The van der Waals surface area contributed by atoms with Crippen molar-refractivity contribution in [3.63, 3.8) is 0 Å². The molecule has 0 amide bonds. The SMILES string of the molecule is COc1cc(S(=O)(=O)N=C=O)ccc1SCCCO. The van der Waals surface area contributed by atoms with Crippen LogP contribution >= 0.6 is 11.8 Å².